The van der Waals surface area contributed by atoms with Crippen LogP contribution < -0.4 is 0 Å². The molecule has 1 amide bonds. The van der Waals surface area contributed by atoms with E-state index in [4.69, 9.17) is 4.74 Å². The van der Waals surface area contributed by atoms with Crippen LogP contribution in [0, 0.1) is 0 Å². The predicted octanol–water partition coefficient (Wildman–Crippen LogP) is 2.71. The van der Waals surface area contributed by atoms with Crippen LogP contribution in [-0.4, -0.2) is 29.1 Å². The molecule has 0 atom stereocenters. The zero-order chi connectivity index (χ0) is 12.3. The number of hydrogen-bond acceptors (Lipinski definition) is 2. The Hall–Kier alpha value is -2.23. The lowest BCUT2D eigenvalue weighted by atomic mass is 10.4. The number of ether oxygens (including phenoxy) is 1. The molecule has 0 fully saturated rings. The van der Waals surface area contributed by atoms with Crippen LogP contribution in [0.3, 0.4) is 0 Å². The van der Waals surface area contributed by atoms with E-state index in [9.17, 15) is 4.79 Å². The number of rotatable bonds is 2. The highest BCUT2D eigenvalue weighted by Gasteiger charge is 2.10. The Kier molecular flexibility index (Phi) is 6.03. The van der Waals surface area contributed by atoms with Crippen molar-refractivity contribution in [2.75, 3.05) is 13.2 Å². The summed E-state index contributed by atoms with van der Waals surface area (Å²) >= 11 is 0. The maximum absolute atomic E-state index is 11.1. The van der Waals surface area contributed by atoms with Gasteiger partial charge in [0, 0.05) is 25.1 Å². The first-order chi connectivity index (χ1) is 8.34. The normalized spacial score (nSPS) is 12.6. The van der Waals surface area contributed by atoms with E-state index in [2.05, 4.69) is 11.6 Å². The van der Waals surface area contributed by atoms with E-state index >= 15 is 0 Å². The molecule has 0 saturated heterocycles. The molecule has 0 saturated carbocycles. The van der Waals surface area contributed by atoms with Crippen LogP contribution >= 0.6 is 0 Å². The number of carbonyl (C=O) groups excluding carboxylic acids is 1. The number of carbonyl (C=O) groups is 1. The summed E-state index contributed by atoms with van der Waals surface area (Å²) in [5.74, 6) is 0. The average Bonchev–Trinajstić information content (AvgIpc) is 2.96. The van der Waals surface area contributed by atoms with E-state index in [0.29, 0.717) is 6.54 Å². The van der Waals surface area contributed by atoms with E-state index < -0.39 is 0 Å². The number of H-pyrrole nitrogens is 1. The Morgan fingerprint density at radius 2 is 2.18 bits per heavy atom. The van der Waals surface area contributed by atoms with Crippen molar-refractivity contribution in [1.29, 1.82) is 0 Å². The molecule has 2 heterocycles. The minimum atomic E-state index is -0.337. The zero-order valence-electron chi connectivity index (χ0n) is 9.58. The van der Waals surface area contributed by atoms with Gasteiger partial charge in [-0.3, -0.25) is 4.90 Å². The van der Waals surface area contributed by atoms with E-state index in [1.54, 1.807) is 18.4 Å². The Balaban J connectivity index is 0.000000239. The van der Waals surface area contributed by atoms with Crippen LogP contribution in [0.1, 0.15) is 0 Å². The second-order valence-electron chi connectivity index (χ2n) is 3.17. The van der Waals surface area contributed by atoms with E-state index in [1.807, 2.05) is 36.7 Å². The SMILES string of the molecule is C=CCOC(=O)N1C=CC=CC1.c1cc[nH]c1. The van der Waals surface area contributed by atoms with Crippen LogP contribution in [0.2, 0.25) is 0 Å². The van der Waals surface area contributed by atoms with Gasteiger partial charge in [-0.25, -0.2) is 4.79 Å². The molecular weight excluding hydrogens is 216 g/mol. The third-order valence-electron chi connectivity index (χ3n) is 1.87. The molecule has 17 heavy (non-hydrogen) atoms. The molecule has 2 rings (SSSR count). The Morgan fingerprint density at radius 3 is 2.65 bits per heavy atom. The Labute approximate surface area is 101 Å². The number of aromatic amines is 1. The van der Waals surface area contributed by atoms with E-state index in [-0.39, 0.29) is 12.7 Å². The van der Waals surface area contributed by atoms with Crippen molar-refractivity contribution in [2.45, 2.75) is 0 Å². The van der Waals surface area contributed by atoms with Gasteiger partial charge in [-0.2, -0.15) is 0 Å². The molecule has 0 aromatic carbocycles. The second kappa shape index (κ2) is 7.98. The molecule has 0 radical (unpaired) electrons. The molecule has 1 aliphatic rings. The maximum atomic E-state index is 11.1. The minimum Gasteiger partial charge on any atom is -0.445 e. The molecule has 4 heteroatoms. The van der Waals surface area contributed by atoms with Gasteiger partial charge < -0.3 is 9.72 Å². The smallest absolute Gasteiger partial charge is 0.414 e. The molecule has 1 N–H and O–H groups in total. The third kappa shape index (κ3) is 5.41. The lowest BCUT2D eigenvalue weighted by molar-refractivity contribution is 0.131. The van der Waals surface area contributed by atoms with Crippen molar-refractivity contribution >= 4 is 6.09 Å². The Bertz CT molecular complexity index is 363. The van der Waals surface area contributed by atoms with Crippen molar-refractivity contribution in [3.8, 4) is 0 Å². The lowest BCUT2D eigenvalue weighted by Gasteiger charge is -2.16. The Morgan fingerprint density at radius 1 is 1.41 bits per heavy atom. The largest absolute Gasteiger partial charge is 0.445 e. The summed E-state index contributed by atoms with van der Waals surface area (Å²) in [4.78, 5) is 15.5. The van der Waals surface area contributed by atoms with Gasteiger partial charge in [-0.1, -0.05) is 24.8 Å². The van der Waals surface area contributed by atoms with Gasteiger partial charge >= 0.3 is 6.09 Å². The van der Waals surface area contributed by atoms with Crippen molar-refractivity contribution in [1.82, 2.24) is 9.88 Å². The topological polar surface area (TPSA) is 45.3 Å². The lowest BCUT2D eigenvalue weighted by Crippen LogP contribution is -2.27. The first kappa shape index (κ1) is 12.8. The fourth-order valence-corrected chi connectivity index (χ4v) is 1.09. The van der Waals surface area contributed by atoms with E-state index in [1.165, 1.54) is 4.90 Å². The van der Waals surface area contributed by atoms with Crippen LogP contribution in [0.15, 0.2) is 61.6 Å². The van der Waals surface area contributed by atoms with Gasteiger partial charge in [0.1, 0.15) is 6.61 Å². The highest BCUT2D eigenvalue weighted by atomic mass is 16.6. The standard InChI is InChI=1S/C9H11NO2.C4H5N/c1-2-8-12-9(11)10-6-4-3-5-7-10;1-2-4-5-3-1/h2-6H,1,7-8H2;1-5H. The molecule has 0 aliphatic carbocycles. The molecule has 0 spiro atoms. The quantitative estimate of drug-likeness (QED) is 0.797. The third-order valence-corrected chi connectivity index (χ3v) is 1.87. The summed E-state index contributed by atoms with van der Waals surface area (Å²) in [6, 6.07) is 3.89. The summed E-state index contributed by atoms with van der Waals surface area (Å²) in [6.07, 6.45) is 12.2. The first-order valence-electron chi connectivity index (χ1n) is 5.30. The molecular formula is C13H16N2O2. The number of amides is 1. The average molecular weight is 232 g/mol. The number of nitrogens with one attached hydrogen (secondary N) is 1. The summed E-state index contributed by atoms with van der Waals surface area (Å²) in [6.45, 7) is 4.28. The van der Waals surface area contributed by atoms with E-state index in [0.717, 1.165) is 0 Å². The number of nitrogens with zero attached hydrogens (tertiary/aromatic N) is 1. The molecule has 1 aromatic heterocycles. The fraction of sp³-hybridized carbons (Fsp3) is 0.154. The summed E-state index contributed by atoms with van der Waals surface area (Å²) in [5.41, 5.74) is 0. The monoisotopic (exact) mass is 232 g/mol. The van der Waals surface area contributed by atoms with Crippen molar-refractivity contribution < 1.29 is 9.53 Å². The van der Waals surface area contributed by atoms with Gasteiger partial charge in [-0.05, 0) is 18.2 Å². The van der Waals surface area contributed by atoms with Crippen LogP contribution in [0.25, 0.3) is 0 Å². The van der Waals surface area contributed by atoms with Crippen LogP contribution in [0.5, 0.6) is 0 Å². The summed E-state index contributed by atoms with van der Waals surface area (Å²) in [7, 11) is 0. The molecule has 1 aliphatic heterocycles. The number of hydrogen-bond donors (Lipinski definition) is 1. The number of allylic oxidation sites excluding steroid dienone is 2. The molecule has 4 nitrogen and oxygen atoms in total. The highest BCUT2D eigenvalue weighted by molar-refractivity contribution is 5.69. The summed E-state index contributed by atoms with van der Waals surface area (Å²) in [5, 5.41) is 0. The minimum absolute atomic E-state index is 0.257. The number of aromatic nitrogens is 1. The molecule has 0 unspecified atom stereocenters. The van der Waals surface area contributed by atoms with Gasteiger partial charge in [0.2, 0.25) is 0 Å². The van der Waals surface area contributed by atoms with Gasteiger partial charge in [-0.15, -0.1) is 0 Å². The highest BCUT2D eigenvalue weighted by Crippen LogP contribution is 2.00. The molecule has 0 bridgehead atoms. The van der Waals surface area contributed by atoms with Crippen LogP contribution in [-0.2, 0) is 4.74 Å². The zero-order valence-corrected chi connectivity index (χ0v) is 9.58. The van der Waals surface area contributed by atoms with Gasteiger partial charge in [0.25, 0.3) is 0 Å². The van der Waals surface area contributed by atoms with Gasteiger partial charge in [0.05, 0.1) is 0 Å². The molecule has 1 aromatic rings. The van der Waals surface area contributed by atoms with Gasteiger partial charge in [0.15, 0.2) is 0 Å². The fourth-order valence-electron chi connectivity index (χ4n) is 1.09. The molecule has 90 valence electrons. The van der Waals surface area contributed by atoms with Crippen molar-refractivity contribution in [3.05, 3.63) is 61.6 Å². The van der Waals surface area contributed by atoms with Crippen molar-refractivity contribution in [2.24, 2.45) is 0 Å². The first-order valence-corrected chi connectivity index (χ1v) is 5.30. The van der Waals surface area contributed by atoms with Crippen molar-refractivity contribution in [3.63, 3.8) is 0 Å². The second-order valence-corrected chi connectivity index (χ2v) is 3.17. The van der Waals surface area contributed by atoms with Crippen LogP contribution in [0.4, 0.5) is 4.79 Å². The predicted molar refractivity (Wildman–Crippen MR) is 67.3 cm³/mol. The summed E-state index contributed by atoms with van der Waals surface area (Å²) < 4.78 is 4.81. The maximum Gasteiger partial charge on any atom is 0.414 e.